The number of carbonyl (C=O) groups is 1. The molecule has 1 saturated heterocycles. The molecule has 6 heteroatoms. The molecular formula is C12H21ClF2N2O. The van der Waals surface area contributed by atoms with Crippen molar-refractivity contribution in [2.24, 2.45) is 5.92 Å². The van der Waals surface area contributed by atoms with Gasteiger partial charge in [-0.1, -0.05) is 19.8 Å². The normalized spacial score (nSPS) is 34.7. The molecule has 1 aliphatic heterocycles. The Morgan fingerprint density at radius 1 is 1.39 bits per heavy atom. The molecule has 1 saturated carbocycles. The van der Waals surface area contributed by atoms with Crippen LogP contribution in [0.25, 0.3) is 0 Å². The highest BCUT2D eigenvalue weighted by atomic mass is 35.5. The smallest absolute Gasteiger partial charge is 0.262 e. The molecule has 106 valence electrons. The average Bonchev–Trinajstić information content (AvgIpc) is 2.59. The quantitative estimate of drug-likeness (QED) is 0.814. The highest BCUT2D eigenvalue weighted by Gasteiger charge is 2.42. The Morgan fingerprint density at radius 3 is 2.67 bits per heavy atom. The Bertz CT molecular complexity index is 302. The van der Waals surface area contributed by atoms with E-state index >= 15 is 0 Å². The summed E-state index contributed by atoms with van der Waals surface area (Å²) in [4.78, 5) is 11.8. The van der Waals surface area contributed by atoms with Crippen molar-refractivity contribution in [3.63, 3.8) is 0 Å². The maximum Gasteiger partial charge on any atom is 0.262 e. The first kappa shape index (κ1) is 15.6. The van der Waals surface area contributed by atoms with Crippen LogP contribution >= 0.6 is 12.4 Å². The van der Waals surface area contributed by atoms with Gasteiger partial charge in [0, 0.05) is 12.5 Å². The lowest BCUT2D eigenvalue weighted by Gasteiger charge is -2.28. The molecule has 3 atom stereocenters. The molecule has 3 nitrogen and oxygen atoms in total. The summed E-state index contributed by atoms with van der Waals surface area (Å²) in [5.41, 5.74) is 0. The zero-order chi connectivity index (χ0) is 12.5. The van der Waals surface area contributed by atoms with Gasteiger partial charge in [-0.3, -0.25) is 10.1 Å². The van der Waals surface area contributed by atoms with E-state index in [1.165, 1.54) is 6.42 Å². The van der Waals surface area contributed by atoms with Crippen molar-refractivity contribution in [3.8, 4) is 0 Å². The van der Waals surface area contributed by atoms with Crippen LogP contribution in [0.3, 0.4) is 0 Å². The molecule has 0 aromatic carbocycles. The monoisotopic (exact) mass is 282 g/mol. The maximum absolute atomic E-state index is 13.0. The summed E-state index contributed by atoms with van der Waals surface area (Å²) in [5, 5.41) is 5.48. The van der Waals surface area contributed by atoms with Gasteiger partial charge < -0.3 is 5.32 Å². The van der Waals surface area contributed by atoms with Crippen LogP contribution in [0.4, 0.5) is 8.78 Å². The SMILES string of the molecule is CC1CCCC(NC(=O)C2CC(F)(F)CN2)C1.Cl. The number of carbonyl (C=O) groups excluding carboxylic acids is 1. The molecule has 2 aliphatic rings. The largest absolute Gasteiger partial charge is 0.352 e. The summed E-state index contributed by atoms with van der Waals surface area (Å²) in [6.45, 7) is 1.78. The Labute approximate surface area is 112 Å². The van der Waals surface area contributed by atoms with Gasteiger partial charge in [0.05, 0.1) is 12.6 Å². The minimum atomic E-state index is -2.73. The summed E-state index contributed by atoms with van der Waals surface area (Å²) in [7, 11) is 0. The minimum absolute atomic E-state index is 0. The highest BCUT2D eigenvalue weighted by Crippen LogP contribution is 2.26. The molecule has 2 rings (SSSR count). The molecule has 0 aromatic rings. The molecule has 2 N–H and O–H groups in total. The molecule has 18 heavy (non-hydrogen) atoms. The number of alkyl halides is 2. The van der Waals surface area contributed by atoms with Crippen molar-refractivity contribution in [3.05, 3.63) is 0 Å². The van der Waals surface area contributed by atoms with Gasteiger partial charge in [-0.15, -0.1) is 12.4 Å². The fourth-order valence-electron chi connectivity index (χ4n) is 2.77. The number of amides is 1. The maximum atomic E-state index is 13.0. The predicted octanol–water partition coefficient (Wildman–Crippen LogP) is 2.10. The van der Waals surface area contributed by atoms with Crippen molar-refractivity contribution in [1.29, 1.82) is 0 Å². The number of nitrogens with one attached hydrogen (secondary N) is 2. The van der Waals surface area contributed by atoms with Crippen LogP contribution in [-0.2, 0) is 4.79 Å². The summed E-state index contributed by atoms with van der Waals surface area (Å²) in [5.74, 6) is -2.38. The lowest BCUT2D eigenvalue weighted by molar-refractivity contribution is -0.124. The molecule has 1 heterocycles. The van der Waals surface area contributed by atoms with Gasteiger partial charge >= 0.3 is 0 Å². The van der Waals surface area contributed by atoms with Gasteiger partial charge in [0.25, 0.3) is 5.92 Å². The molecular weight excluding hydrogens is 262 g/mol. The summed E-state index contributed by atoms with van der Waals surface area (Å²) in [6.07, 6.45) is 3.88. The van der Waals surface area contributed by atoms with Gasteiger partial charge in [0.2, 0.25) is 5.91 Å². The molecule has 0 radical (unpaired) electrons. The topological polar surface area (TPSA) is 41.1 Å². The van der Waals surface area contributed by atoms with Crippen molar-refractivity contribution in [2.75, 3.05) is 6.54 Å². The Balaban J connectivity index is 0.00000162. The van der Waals surface area contributed by atoms with Gasteiger partial charge in [0.1, 0.15) is 0 Å². The first-order valence-electron chi connectivity index (χ1n) is 6.38. The van der Waals surface area contributed by atoms with E-state index in [-0.39, 0.29) is 37.3 Å². The number of rotatable bonds is 2. The van der Waals surface area contributed by atoms with E-state index in [0.29, 0.717) is 5.92 Å². The summed E-state index contributed by atoms with van der Waals surface area (Å²) < 4.78 is 25.9. The van der Waals surface area contributed by atoms with Gasteiger partial charge in [-0.05, 0) is 18.8 Å². The van der Waals surface area contributed by atoms with Crippen molar-refractivity contribution in [2.45, 2.75) is 57.0 Å². The Hall–Kier alpha value is -0.420. The third-order valence-corrected chi connectivity index (χ3v) is 3.71. The zero-order valence-electron chi connectivity index (χ0n) is 10.5. The standard InChI is InChI=1S/C12H20F2N2O.ClH/c1-8-3-2-4-9(5-8)16-11(17)10-6-12(13,14)7-15-10;/h8-10,15H,2-7H2,1H3,(H,16,17);1H. The Morgan fingerprint density at radius 2 is 2.11 bits per heavy atom. The second-order valence-corrected chi connectivity index (χ2v) is 5.47. The van der Waals surface area contributed by atoms with E-state index < -0.39 is 12.0 Å². The fourth-order valence-corrected chi connectivity index (χ4v) is 2.77. The van der Waals surface area contributed by atoms with Crippen molar-refractivity contribution < 1.29 is 13.6 Å². The number of hydrogen-bond donors (Lipinski definition) is 2. The molecule has 1 aliphatic carbocycles. The van der Waals surface area contributed by atoms with E-state index in [1.54, 1.807) is 0 Å². The first-order valence-corrected chi connectivity index (χ1v) is 6.38. The average molecular weight is 283 g/mol. The van der Waals surface area contributed by atoms with E-state index in [4.69, 9.17) is 0 Å². The minimum Gasteiger partial charge on any atom is -0.352 e. The lowest BCUT2D eigenvalue weighted by atomic mass is 9.87. The molecule has 2 fully saturated rings. The van der Waals surface area contributed by atoms with Crippen LogP contribution in [0.2, 0.25) is 0 Å². The second kappa shape index (κ2) is 6.15. The van der Waals surface area contributed by atoms with Crippen LogP contribution in [0.15, 0.2) is 0 Å². The molecule has 0 spiro atoms. The van der Waals surface area contributed by atoms with E-state index in [1.807, 2.05) is 0 Å². The van der Waals surface area contributed by atoms with Gasteiger partial charge in [-0.2, -0.15) is 0 Å². The number of hydrogen-bond acceptors (Lipinski definition) is 2. The second-order valence-electron chi connectivity index (χ2n) is 5.47. The first-order chi connectivity index (χ1) is 7.96. The predicted molar refractivity (Wildman–Crippen MR) is 68.2 cm³/mol. The summed E-state index contributed by atoms with van der Waals surface area (Å²) in [6, 6.07) is -0.551. The molecule has 0 aromatic heterocycles. The van der Waals surface area contributed by atoms with Crippen LogP contribution in [0.5, 0.6) is 0 Å². The molecule has 0 bridgehead atoms. The molecule has 1 amide bonds. The third-order valence-electron chi connectivity index (χ3n) is 3.71. The van der Waals surface area contributed by atoms with Crippen LogP contribution in [-0.4, -0.2) is 30.5 Å². The van der Waals surface area contributed by atoms with Crippen LogP contribution in [0.1, 0.15) is 39.0 Å². The number of halogens is 3. The van der Waals surface area contributed by atoms with Crippen LogP contribution < -0.4 is 10.6 Å². The van der Waals surface area contributed by atoms with E-state index in [9.17, 15) is 13.6 Å². The highest BCUT2D eigenvalue weighted by molar-refractivity contribution is 5.85. The van der Waals surface area contributed by atoms with Crippen LogP contribution in [0, 0.1) is 5.92 Å². The van der Waals surface area contributed by atoms with E-state index in [2.05, 4.69) is 17.6 Å². The lowest BCUT2D eigenvalue weighted by Crippen LogP contribution is -2.46. The zero-order valence-corrected chi connectivity index (χ0v) is 11.4. The fraction of sp³-hybridized carbons (Fsp3) is 0.917. The Kier molecular flexibility index (Phi) is 5.34. The van der Waals surface area contributed by atoms with Crippen molar-refractivity contribution in [1.82, 2.24) is 10.6 Å². The van der Waals surface area contributed by atoms with Gasteiger partial charge in [-0.25, -0.2) is 8.78 Å². The van der Waals surface area contributed by atoms with Gasteiger partial charge in [0.15, 0.2) is 0 Å². The van der Waals surface area contributed by atoms with Crippen molar-refractivity contribution >= 4 is 18.3 Å². The third kappa shape index (κ3) is 4.05. The molecule has 3 unspecified atom stereocenters. The van der Waals surface area contributed by atoms with E-state index in [0.717, 1.165) is 19.3 Å². The summed E-state index contributed by atoms with van der Waals surface area (Å²) >= 11 is 0.